The van der Waals surface area contributed by atoms with Gasteiger partial charge < -0.3 is 24.4 Å². The first-order valence-electron chi connectivity index (χ1n) is 16.2. The Balaban J connectivity index is 0.000000346. The molecule has 5 aromatic carbocycles. The average molecular weight is 853 g/mol. The number of methoxy groups -OCH3 is 3. The van der Waals surface area contributed by atoms with E-state index in [1.54, 1.807) is 75.7 Å². The third kappa shape index (κ3) is 16.9. The molecule has 0 radical (unpaired) electrons. The van der Waals surface area contributed by atoms with Crippen molar-refractivity contribution in [1.29, 1.82) is 0 Å². The highest BCUT2D eigenvalue weighted by Gasteiger charge is 2.10. The van der Waals surface area contributed by atoms with Crippen molar-refractivity contribution in [3.8, 4) is 17.2 Å². The minimum Gasteiger partial charge on any atom is -0.506 e. The molecule has 2 N–H and O–H groups in total. The molecule has 13 heteroatoms. The van der Waals surface area contributed by atoms with E-state index in [9.17, 15) is 14.4 Å². The zero-order valence-electron chi connectivity index (χ0n) is 31.8. The molecule has 0 fully saturated rings. The van der Waals surface area contributed by atoms with Crippen LogP contribution in [-0.4, -0.2) is 49.3 Å². The van der Waals surface area contributed by atoms with Crippen molar-refractivity contribution in [3.05, 3.63) is 155 Å². The van der Waals surface area contributed by atoms with E-state index in [4.69, 9.17) is 77.7 Å². The van der Waals surface area contributed by atoms with Crippen molar-refractivity contribution < 1.29 is 38.8 Å². The first-order chi connectivity index (χ1) is 25.7. The van der Waals surface area contributed by atoms with Gasteiger partial charge >= 0.3 is 11.9 Å². The lowest BCUT2D eigenvalue weighted by Gasteiger charge is -2.07. The van der Waals surface area contributed by atoms with Crippen LogP contribution in [0.25, 0.3) is 0 Å². The molecular weight excluding hydrogens is 810 g/mol. The normalized spacial score (nSPS) is 9.64. The SMILES string of the molecule is COC(=O)c1cc(Cl)ccc1C.COc1cc(C)c(C(C)=O)cc1Cl.COc1cc(C)ccc1Cl.Cc1ccc(Cl)c(O)c1.Cc1ccc(Cl)cc1C(=O)O. The van der Waals surface area contributed by atoms with Gasteiger partial charge in [-0.25, -0.2) is 9.59 Å². The standard InChI is InChI=1S/C10H11ClO2.C9H9ClO2.C8H7ClO2.C8H9ClO.C7H7ClO/c1-6-4-10(13-3)9(11)5-8(6)7(2)12;1-6-3-4-7(10)5-8(6)9(11)12-2;1-5-2-3-6(9)4-7(5)8(10)11;1-6-3-4-7(9)8(5-6)10-2;1-5-2-3-6(8)7(9)4-5/h4-5H,1-3H3;3-5H,1-2H3;2-4H,1H3,(H,10,11);3-5H,1-2H3;2-4,9H,1H3. The predicted octanol–water partition coefficient (Wildman–Crippen LogP) is 12.7. The molecule has 8 nitrogen and oxygen atoms in total. The number of carboxylic acids is 1. The second-order valence-electron chi connectivity index (χ2n) is 11.7. The molecule has 0 bridgehead atoms. The van der Waals surface area contributed by atoms with Crippen LogP contribution in [0.5, 0.6) is 17.2 Å². The zero-order chi connectivity index (χ0) is 42.0. The van der Waals surface area contributed by atoms with Gasteiger partial charge in [0.2, 0.25) is 0 Å². The summed E-state index contributed by atoms with van der Waals surface area (Å²) in [7, 11) is 4.51. The fourth-order valence-electron chi connectivity index (χ4n) is 4.33. The van der Waals surface area contributed by atoms with E-state index in [0.29, 0.717) is 42.0 Å². The lowest BCUT2D eigenvalue weighted by atomic mass is 10.1. The van der Waals surface area contributed by atoms with Crippen LogP contribution in [0.15, 0.2) is 84.9 Å². The molecule has 0 aromatic heterocycles. The minimum atomic E-state index is -0.940. The number of esters is 1. The summed E-state index contributed by atoms with van der Waals surface area (Å²) in [6.45, 7) is 10.8. The molecule has 0 amide bonds. The summed E-state index contributed by atoms with van der Waals surface area (Å²) in [5, 5.41) is 20.1. The second-order valence-corrected chi connectivity index (χ2v) is 13.8. The molecule has 294 valence electrons. The number of phenolic OH excluding ortho intramolecular Hbond substituents is 1. The molecule has 0 aliphatic carbocycles. The van der Waals surface area contributed by atoms with Crippen LogP contribution in [0.4, 0.5) is 0 Å². The third-order valence-corrected chi connectivity index (χ3v) is 8.72. The van der Waals surface area contributed by atoms with E-state index in [1.807, 2.05) is 52.0 Å². The smallest absolute Gasteiger partial charge is 0.338 e. The van der Waals surface area contributed by atoms with Crippen LogP contribution in [0, 0.1) is 34.6 Å². The molecule has 5 rings (SSSR count). The van der Waals surface area contributed by atoms with Gasteiger partial charge in [-0.15, -0.1) is 0 Å². The maximum atomic E-state index is 11.1. The number of hydrogen-bond acceptors (Lipinski definition) is 7. The first-order valence-corrected chi connectivity index (χ1v) is 18.1. The Morgan fingerprint density at radius 2 is 1.00 bits per heavy atom. The summed E-state index contributed by atoms with van der Waals surface area (Å²) in [5.74, 6) is 0.213. The van der Waals surface area contributed by atoms with Crippen molar-refractivity contribution in [2.45, 2.75) is 41.5 Å². The monoisotopic (exact) mass is 850 g/mol. The van der Waals surface area contributed by atoms with Gasteiger partial charge in [-0.3, -0.25) is 4.79 Å². The number of hydrogen-bond donors (Lipinski definition) is 2. The molecule has 0 aliphatic heterocycles. The first kappa shape index (κ1) is 48.6. The number of benzene rings is 5. The number of aromatic hydroxyl groups is 1. The fourth-order valence-corrected chi connectivity index (χ4v) is 5.23. The van der Waals surface area contributed by atoms with Crippen LogP contribution in [-0.2, 0) is 4.74 Å². The minimum absolute atomic E-state index is 0.0158. The van der Waals surface area contributed by atoms with Crippen molar-refractivity contribution in [2.75, 3.05) is 21.3 Å². The van der Waals surface area contributed by atoms with E-state index in [2.05, 4.69) is 4.74 Å². The Hall–Kier alpha value is -4.44. The van der Waals surface area contributed by atoms with Crippen LogP contribution in [0.3, 0.4) is 0 Å². The highest BCUT2D eigenvalue weighted by Crippen LogP contribution is 2.28. The summed E-state index contributed by atoms with van der Waals surface area (Å²) in [5.41, 5.74) is 6.06. The Kier molecular flexibility index (Phi) is 21.3. The number of ketones is 1. The van der Waals surface area contributed by atoms with E-state index in [-0.39, 0.29) is 23.1 Å². The van der Waals surface area contributed by atoms with Crippen molar-refractivity contribution >= 4 is 75.7 Å². The molecule has 55 heavy (non-hydrogen) atoms. The summed E-state index contributed by atoms with van der Waals surface area (Å²) in [6, 6.07) is 24.2. The van der Waals surface area contributed by atoms with E-state index < -0.39 is 5.97 Å². The molecular formula is C42H43Cl5O8. The van der Waals surface area contributed by atoms with Gasteiger partial charge in [-0.2, -0.15) is 0 Å². The summed E-state index contributed by atoms with van der Waals surface area (Å²) < 4.78 is 14.6. The number of Topliss-reactive ketones (excluding diaryl/α,β-unsaturated/α-hetero) is 1. The van der Waals surface area contributed by atoms with E-state index in [0.717, 1.165) is 33.6 Å². The quantitative estimate of drug-likeness (QED) is 0.132. The fraction of sp³-hybridized carbons (Fsp3) is 0.214. The molecule has 0 spiro atoms. The highest BCUT2D eigenvalue weighted by molar-refractivity contribution is 6.33. The highest BCUT2D eigenvalue weighted by atomic mass is 35.5. The molecule has 0 aliphatic rings. The number of halogens is 5. The number of carboxylic acid groups (broad SMARTS) is 1. The van der Waals surface area contributed by atoms with Crippen molar-refractivity contribution in [1.82, 2.24) is 0 Å². The average Bonchev–Trinajstić information content (AvgIpc) is 3.14. The Morgan fingerprint density at radius 1 is 0.527 bits per heavy atom. The maximum absolute atomic E-state index is 11.1. The number of ether oxygens (including phenoxy) is 3. The summed E-state index contributed by atoms with van der Waals surface area (Å²) in [4.78, 5) is 32.7. The van der Waals surface area contributed by atoms with Crippen LogP contribution in [0.2, 0.25) is 25.1 Å². The number of aryl methyl sites for hydroxylation is 5. The molecule has 0 heterocycles. The maximum Gasteiger partial charge on any atom is 0.338 e. The molecule has 0 saturated heterocycles. The Bertz CT molecular complexity index is 2080. The van der Waals surface area contributed by atoms with Gasteiger partial charge in [0.05, 0.1) is 47.5 Å². The number of phenols is 1. The van der Waals surface area contributed by atoms with E-state index in [1.165, 1.54) is 20.1 Å². The van der Waals surface area contributed by atoms with Gasteiger partial charge in [0.1, 0.15) is 17.2 Å². The lowest BCUT2D eigenvalue weighted by Crippen LogP contribution is -2.03. The summed E-state index contributed by atoms with van der Waals surface area (Å²) >= 11 is 28.5. The number of rotatable bonds is 5. The number of aromatic carboxylic acids is 1. The van der Waals surface area contributed by atoms with Crippen LogP contribution < -0.4 is 9.47 Å². The number of carbonyl (C=O) groups excluding carboxylic acids is 2. The summed E-state index contributed by atoms with van der Waals surface area (Å²) in [6.07, 6.45) is 0. The van der Waals surface area contributed by atoms with E-state index >= 15 is 0 Å². The molecule has 5 aromatic rings. The van der Waals surface area contributed by atoms with Gasteiger partial charge in [0.25, 0.3) is 0 Å². The van der Waals surface area contributed by atoms with Gasteiger partial charge in [0.15, 0.2) is 5.78 Å². The van der Waals surface area contributed by atoms with Crippen LogP contribution >= 0.6 is 58.0 Å². The Labute approximate surface area is 347 Å². The van der Waals surface area contributed by atoms with Gasteiger partial charge in [-0.05, 0) is 130 Å². The van der Waals surface area contributed by atoms with Crippen molar-refractivity contribution in [3.63, 3.8) is 0 Å². The van der Waals surface area contributed by atoms with Crippen molar-refractivity contribution in [2.24, 2.45) is 0 Å². The molecule has 0 unspecified atom stereocenters. The number of carbonyl (C=O) groups is 3. The zero-order valence-corrected chi connectivity index (χ0v) is 35.6. The molecule has 0 saturated carbocycles. The van der Waals surface area contributed by atoms with Gasteiger partial charge in [-0.1, -0.05) is 82.3 Å². The predicted molar refractivity (Wildman–Crippen MR) is 224 cm³/mol. The Morgan fingerprint density at radius 3 is 1.42 bits per heavy atom. The topological polar surface area (TPSA) is 119 Å². The second kappa shape index (κ2) is 24.2. The largest absolute Gasteiger partial charge is 0.506 e. The van der Waals surface area contributed by atoms with Crippen LogP contribution in [0.1, 0.15) is 65.8 Å². The molecule has 0 atom stereocenters. The third-order valence-electron chi connectivity index (χ3n) is 7.32. The van der Waals surface area contributed by atoms with Gasteiger partial charge in [0, 0.05) is 15.6 Å². The lowest BCUT2D eigenvalue weighted by molar-refractivity contribution is 0.0598.